The SMILES string of the molecule is COCCCNC(=O)C(C)S(=O)c1cc(OC)ccc1N. The molecule has 0 radical (unpaired) electrons. The third-order valence-electron chi connectivity index (χ3n) is 2.95. The Bertz CT molecular complexity index is 508. The zero-order valence-electron chi connectivity index (χ0n) is 12.5. The number of hydrogen-bond donors (Lipinski definition) is 2. The first-order chi connectivity index (χ1) is 10.0. The number of nitrogen functional groups attached to an aromatic ring is 1. The molecule has 1 aromatic carbocycles. The van der Waals surface area contributed by atoms with Crippen LogP contribution in [0.3, 0.4) is 0 Å². The molecular formula is C14H22N2O4S. The maximum absolute atomic E-state index is 12.5. The van der Waals surface area contributed by atoms with Gasteiger partial charge < -0.3 is 20.5 Å². The van der Waals surface area contributed by atoms with Gasteiger partial charge >= 0.3 is 0 Å². The molecule has 1 rings (SSSR count). The van der Waals surface area contributed by atoms with Crippen molar-refractivity contribution in [2.24, 2.45) is 0 Å². The number of nitrogens with one attached hydrogen (secondary N) is 1. The zero-order chi connectivity index (χ0) is 15.8. The van der Waals surface area contributed by atoms with Crippen molar-refractivity contribution < 1.29 is 18.5 Å². The Hall–Kier alpha value is -1.60. The number of anilines is 1. The van der Waals surface area contributed by atoms with Crippen LogP contribution in [-0.4, -0.2) is 42.7 Å². The van der Waals surface area contributed by atoms with Crippen molar-refractivity contribution in [3.8, 4) is 5.75 Å². The van der Waals surface area contributed by atoms with E-state index in [1.54, 1.807) is 32.2 Å². The van der Waals surface area contributed by atoms with E-state index in [0.717, 1.165) is 0 Å². The van der Waals surface area contributed by atoms with Crippen molar-refractivity contribution in [1.82, 2.24) is 5.32 Å². The van der Waals surface area contributed by atoms with Crippen LogP contribution in [-0.2, 0) is 20.3 Å². The molecule has 6 nitrogen and oxygen atoms in total. The van der Waals surface area contributed by atoms with Gasteiger partial charge in [0, 0.05) is 25.9 Å². The van der Waals surface area contributed by atoms with Crippen molar-refractivity contribution in [2.45, 2.75) is 23.5 Å². The summed E-state index contributed by atoms with van der Waals surface area (Å²) in [6, 6.07) is 4.90. The van der Waals surface area contributed by atoms with E-state index in [4.69, 9.17) is 15.2 Å². The van der Waals surface area contributed by atoms with Crippen molar-refractivity contribution in [1.29, 1.82) is 0 Å². The largest absolute Gasteiger partial charge is 0.497 e. The fraction of sp³-hybridized carbons (Fsp3) is 0.500. The molecule has 0 fully saturated rings. The standard InChI is InChI=1S/C14H22N2O4S/c1-10(14(17)16-7-4-8-19-2)21(18)13-9-11(20-3)5-6-12(13)15/h5-6,9-10H,4,7-8,15H2,1-3H3,(H,16,17). The van der Waals surface area contributed by atoms with Crippen LogP contribution in [0.2, 0.25) is 0 Å². The van der Waals surface area contributed by atoms with Gasteiger partial charge in [0.05, 0.1) is 22.8 Å². The number of hydrogen-bond acceptors (Lipinski definition) is 5. The minimum Gasteiger partial charge on any atom is -0.497 e. The number of benzene rings is 1. The summed E-state index contributed by atoms with van der Waals surface area (Å²) >= 11 is 0. The van der Waals surface area contributed by atoms with Crippen molar-refractivity contribution >= 4 is 22.4 Å². The molecular weight excluding hydrogens is 292 g/mol. The lowest BCUT2D eigenvalue weighted by Crippen LogP contribution is -2.36. The van der Waals surface area contributed by atoms with E-state index in [-0.39, 0.29) is 5.91 Å². The Labute approximate surface area is 127 Å². The molecule has 0 aliphatic rings. The van der Waals surface area contributed by atoms with E-state index >= 15 is 0 Å². The highest BCUT2D eigenvalue weighted by molar-refractivity contribution is 7.86. The predicted octanol–water partition coefficient (Wildman–Crippen LogP) is 0.926. The number of rotatable bonds is 8. The summed E-state index contributed by atoms with van der Waals surface area (Å²) in [6.07, 6.45) is 0.711. The van der Waals surface area contributed by atoms with Crippen molar-refractivity contribution in [3.05, 3.63) is 18.2 Å². The van der Waals surface area contributed by atoms with Gasteiger partial charge in [-0.25, -0.2) is 0 Å². The molecule has 3 N–H and O–H groups in total. The Morgan fingerprint density at radius 2 is 2.14 bits per heavy atom. The first-order valence-corrected chi connectivity index (χ1v) is 7.83. The normalized spacial score (nSPS) is 13.5. The summed E-state index contributed by atoms with van der Waals surface area (Å²) in [4.78, 5) is 12.4. The summed E-state index contributed by atoms with van der Waals surface area (Å²) in [6.45, 7) is 2.67. The van der Waals surface area contributed by atoms with Gasteiger partial charge in [0.1, 0.15) is 11.0 Å². The molecule has 2 unspecified atom stereocenters. The summed E-state index contributed by atoms with van der Waals surface area (Å²) in [5.41, 5.74) is 6.21. The number of carbonyl (C=O) groups excluding carboxylic acids is 1. The van der Waals surface area contributed by atoms with Gasteiger partial charge in [0.25, 0.3) is 0 Å². The van der Waals surface area contributed by atoms with E-state index in [9.17, 15) is 9.00 Å². The molecule has 0 aliphatic carbocycles. The topological polar surface area (TPSA) is 90.6 Å². The third kappa shape index (κ3) is 5.02. The Kier molecular flexibility index (Phi) is 7.18. The molecule has 118 valence electrons. The highest BCUT2D eigenvalue weighted by atomic mass is 32.2. The van der Waals surface area contributed by atoms with Gasteiger partial charge in [-0.2, -0.15) is 0 Å². The minimum absolute atomic E-state index is 0.272. The lowest BCUT2D eigenvalue weighted by atomic mass is 10.3. The van der Waals surface area contributed by atoms with E-state index in [0.29, 0.717) is 35.9 Å². The molecule has 0 aliphatic heterocycles. The fourth-order valence-electron chi connectivity index (χ4n) is 1.68. The summed E-state index contributed by atoms with van der Waals surface area (Å²) in [5.74, 6) is 0.284. The third-order valence-corrected chi connectivity index (χ3v) is 4.60. The Morgan fingerprint density at radius 3 is 2.76 bits per heavy atom. The number of ether oxygens (including phenoxy) is 2. The number of methoxy groups -OCH3 is 2. The lowest BCUT2D eigenvalue weighted by molar-refractivity contribution is -0.120. The molecule has 7 heteroatoms. The van der Waals surface area contributed by atoms with Crippen molar-refractivity contribution in [3.63, 3.8) is 0 Å². The second kappa shape index (κ2) is 8.63. The maximum Gasteiger partial charge on any atom is 0.235 e. The minimum atomic E-state index is -1.54. The van der Waals surface area contributed by atoms with E-state index in [1.165, 1.54) is 7.11 Å². The quantitative estimate of drug-likeness (QED) is 0.550. The van der Waals surface area contributed by atoms with Gasteiger partial charge in [-0.05, 0) is 31.5 Å². The number of nitrogens with two attached hydrogens (primary N) is 1. The van der Waals surface area contributed by atoms with Crippen LogP contribution >= 0.6 is 0 Å². The molecule has 0 saturated heterocycles. The predicted molar refractivity (Wildman–Crippen MR) is 82.8 cm³/mol. The highest BCUT2D eigenvalue weighted by Gasteiger charge is 2.23. The van der Waals surface area contributed by atoms with Gasteiger partial charge in [-0.15, -0.1) is 0 Å². The van der Waals surface area contributed by atoms with Crippen LogP contribution in [0.25, 0.3) is 0 Å². The van der Waals surface area contributed by atoms with Gasteiger partial charge in [0.2, 0.25) is 5.91 Å². The summed E-state index contributed by atoms with van der Waals surface area (Å²) in [5, 5.41) is 2.04. The number of amides is 1. The summed E-state index contributed by atoms with van der Waals surface area (Å²) < 4.78 is 22.4. The molecule has 0 saturated carbocycles. The van der Waals surface area contributed by atoms with Crippen LogP contribution in [0, 0.1) is 0 Å². The molecule has 0 bridgehead atoms. The molecule has 1 aromatic rings. The molecule has 0 heterocycles. The maximum atomic E-state index is 12.5. The smallest absolute Gasteiger partial charge is 0.235 e. The van der Waals surface area contributed by atoms with Gasteiger partial charge in [-0.3, -0.25) is 9.00 Å². The Balaban J connectivity index is 2.71. The monoisotopic (exact) mass is 314 g/mol. The van der Waals surface area contributed by atoms with Crippen LogP contribution in [0.4, 0.5) is 5.69 Å². The molecule has 0 aromatic heterocycles. The molecule has 0 spiro atoms. The van der Waals surface area contributed by atoms with Crippen LogP contribution < -0.4 is 15.8 Å². The highest BCUT2D eigenvalue weighted by Crippen LogP contribution is 2.24. The van der Waals surface area contributed by atoms with Crippen molar-refractivity contribution in [2.75, 3.05) is 33.1 Å². The summed E-state index contributed by atoms with van der Waals surface area (Å²) in [7, 11) is 1.58. The average molecular weight is 314 g/mol. The first-order valence-electron chi connectivity index (χ1n) is 6.62. The lowest BCUT2D eigenvalue weighted by Gasteiger charge is -2.14. The molecule has 21 heavy (non-hydrogen) atoms. The van der Waals surface area contributed by atoms with E-state index < -0.39 is 16.0 Å². The second-order valence-corrected chi connectivity index (χ2v) is 6.22. The Morgan fingerprint density at radius 1 is 1.43 bits per heavy atom. The average Bonchev–Trinajstić information content (AvgIpc) is 2.50. The van der Waals surface area contributed by atoms with Crippen LogP contribution in [0.5, 0.6) is 5.75 Å². The fourth-order valence-corrected chi connectivity index (χ4v) is 2.87. The van der Waals surface area contributed by atoms with Gasteiger partial charge in [0.15, 0.2) is 0 Å². The van der Waals surface area contributed by atoms with E-state index in [2.05, 4.69) is 5.32 Å². The van der Waals surface area contributed by atoms with Crippen LogP contribution in [0.1, 0.15) is 13.3 Å². The second-order valence-electron chi connectivity index (χ2n) is 4.48. The first kappa shape index (κ1) is 17.5. The molecule has 2 atom stereocenters. The zero-order valence-corrected chi connectivity index (χ0v) is 13.4. The van der Waals surface area contributed by atoms with Gasteiger partial charge in [-0.1, -0.05) is 0 Å². The number of carbonyl (C=O) groups is 1. The van der Waals surface area contributed by atoms with E-state index in [1.807, 2.05) is 0 Å². The molecule has 1 amide bonds. The van der Waals surface area contributed by atoms with Crippen LogP contribution in [0.15, 0.2) is 23.1 Å².